The predicted octanol–water partition coefficient (Wildman–Crippen LogP) is 1.81. The molecule has 60 valence electrons. The first-order valence-corrected chi connectivity index (χ1v) is 3.32. The molecule has 3 nitrogen and oxygen atoms in total. The fourth-order valence-corrected chi connectivity index (χ4v) is 0.809. The maximum atomic E-state index is 8.92. The van der Waals surface area contributed by atoms with Gasteiger partial charge in [-0.2, -0.15) is 5.26 Å². The smallest absolute Gasteiger partial charge is 0.115 e. The topological polar surface area (TPSA) is 64.2 Å². The zero-order valence-corrected chi connectivity index (χ0v) is 6.23. The van der Waals surface area contributed by atoms with Crippen molar-refractivity contribution in [3.63, 3.8) is 0 Å². The molecule has 1 aromatic rings. The van der Waals surface area contributed by atoms with Crippen LogP contribution in [0.15, 0.2) is 30.5 Å². The fraction of sp³-hybridized carbons (Fsp3) is 0. The SMILES string of the molecule is N#CC(=CO)c1ccc(O)cc1. The van der Waals surface area contributed by atoms with Crippen molar-refractivity contribution in [1.29, 1.82) is 5.26 Å². The molecule has 1 aromatic carbocycles. The minimum absolute atomic E-state index is 0.133. The summed E-state index contributed by atoms with van der Waals surface area (Å²) in [5, 5.41) is 26.0. The lowest BCUT2D eigenvalue weighted by Gasteiger charge is -1.96. The third kappa shape index (κ3) is 1.55. The van der Waals surface area contributed by atoms with Crippen molar-refractivity contribution in [2.45, 2.75) is 0 Å². The lowest BCUT2D eigenvalue weighted by atomic mass is 10.1. The van der Waals surface area contributed by atoms with Gasteiger partial charge >= 0.3 is 0 Å². The van der Waals surface area contributed by atoms with E-state index >= 15 is 0 Å². The van der Waals surface area contributed by atoms with Gasteiger partial charge in [-0.05, 0) is 29.8 Å². The van der Waals surface area contributed by atoms with Crippen LogP contribution in [-0.4, -0.2) is 10.2 Å². The Hall–Kier alpha value is -1.95. The van der Waals surface area contributed by atoms with E-state index in [4.69, 9.17) is 15.5 Å². The number of aromatic hydroxyl groups is 1. The zero-order chi connectivity index (χ0) is 8.97. The van der Waals surface area contributed by atoms with Crippen LogP contribution in [0.5, 0.6) is 5.75 Å². The van der Waals surface area contributed by atoms with Crippen molar-refractivity contribution in [3.05, 3.63) is 36.1 Å². The molecular formula is C9H7NO2. The third-order valence-electron chi connectivity index (χ3n) is 1.43. The van der Waals surface area contributed by atoms with Gasteiger partial charge in [-0.15, -0.1) is 0 Å². The van der Waals surface area contributed by atoms with E-state index in [0.29, 0.717) is 5.56 Å². The van der Waals surface area contributed by atoms with E-state index < -0.39 is 0 Å². The van der Waals surface area contributed by atoms with Crippen molar-refractivity contribution in [2.24, 2.45) is 0 Å². The van der Waals surface area contributed by atoms with Crippen molar-refractivity contribution >= 4 is 5.57 Å². The number of nitrogens with zero attached hydrogens (tertiary/aromatic N) is 1. The lowest BCUT2D eigenvalue weighted by molar-refractivity contribution is 0.474. The van der Waals surface area contributed by atoms with Gasteiger partial charge in [0.25, 0.3) is 0 Å². The van der Waals surface area contributed by atoms with Gasteiger partial charge in [-0.1, -0.05) is 0 Å². The molecule has 0 aromatic heterocycles. The van der Waals surface area contributed by atoms with Crippen LogP contribution < -0.4 is 0 Å². The Labute approximate surface area is 69.8 Å². The molecule has 1 rings (SSSR count). The summed E-state index contributed by atoms with van der Waals surface area (Å²) in [4.78, 5) is 0. The molecule has 0 aliphatic rings. The first kappa shape index (κ1) is 8.15. The lowest BCUT2D eigenvalue weighted by Crippen LogP contribution is -1.79. The highest BCUT2D eigenvalue weighted by atomic mass is 16.3. The summed E-state index contributed by atoms with van der Waals surface area (Å²) in [7, 11) is 0. The maximum absolute atomic E-state index is 8.92. The highest BCUT2D eigenvalue weighted by molar-refractivity contribution is 5.75. The highest BCUT2D eigenvalue weighted by Gasteiger charge is 1.98. The number of phenols is 1. The van der Waals surface area contributed by atoms with Crippen LogP contribution in [0, 0.1) is 11.3 Å². The molecule has 0 heterocycles. The van der Waals surface area contributed by atoms with E-state index in [1.807, 2.05) is 6.07 Å². The highest BCUT2D eigenvalue weighted by Crippen LogP contribution is 2.16. The molecule has 0 spiro atoms. The summed E-state index contributed by atoms with van der Waals surface area (Å²) in [6, 6.07) is 7.84. The Morgan fingerprint density at radius 3 is 2.33 bits per heavy atom. The van der Waals surface area contributed by atoms with Gasteiger partial charge < -0.3 is 10.2 Å². The van der Waals surface area contributed by atoms with E-state index in [1.165, 1.54) is 12.1 Å². The van der Waals surface area contributed by atoms with E-state index in [2.05, 4.69) is 0 Å². The molecule has 0 atom stereocenters. The number of hydrogen-bond donors (Lipinski definition) is 2. The minimum Gasteiger partial charge on any atom is -0.514 e. The third-order valence-corrected chi connectivity index (χ3v) is 1.43. The zero-order valence-electron chi connectivity index (χ0n) is 6.23. The summed E-state index contributed by atoms with van der Waals surface area (Å²) >= 11 is 0. The molecule has 0 unspecified atom stereocenters. The van der Waals surface area contributed by atoms with Gasteiger partial charge in [0.2, 0.25) is 0 Å². The van der Waals surface area contributed by atoms with Crippen LogP contribution in [0.3, 0.4) is 0 Å². The molecule has 0 bridgehead atoms. The minimum atomic E-state index is 0.133. The van der Waals surface area contributed by atoms with Gasteiger partial charge in [-0.25, -0.2) is 0 Å². The van der Waals surface area contributed by atoms with Gasteiger partial charge in [0.1, 0.15) is 11.8 Å². The Kier molecular flexibility index (Phi) is 2.34. The molecule has 0 aliphatic heterocycles. The summed E-state index contributed by atoms with van der Waals surface area (Å²) in [5.74, 6) is 0.133. The number of rotatable bonds is 1. The van der Waals surface area contributed by atoms with Gasteiger partial charge in [-0.3, -0.25) is 0 Å². The van der Waals surface area contributed by atoms with Crippen molar-refractivity contribution in [1.82, 2.24) is 0 Å². The number of phenolic OH excluding ortho intramolecular Hbond substituents is 1. The second kappa shape index (κ2) is 3.44. The second-order valence-corrected chi connectivity index (χ2v) is 2.20. The molecule has 3 heteroatoms. The first-order valence-electron chi connectivity index (χ1n) is 3.32. The van der Waals surface area contributed by atoms with Crippen molar-refractivity contribution < 1.29 is 10.2 Å². The van der Waals surface area contributed by atoms with Crippen LogP contribution in [0.1, 0.15) is 5.56 Å². The molecule has 0 aliphatic carbocycles. The summed E-state index contributed by atoms with van der Waals surface area (Å²) in [6.07, 6.45) is 0.742. The Morgan fingerprint density at radius 2 is 1.92 bits per heavy atom. The van der Waals surface area contributed by atoms with Crippen molar-refractivity contribution in [2.75, 3.05) is 0 Å². The molecule has 0 fully saturated rings. The number of aliphatic hydroxyl groups excluding tert-OH is 1. The molecule has 12 heavy (non-hydrogen) atoms. The number of hydrogen-bond acceptors (Lipinski definition) is 3. The molecular weight excluding hydrogens is 154 g/mol. The molecule has 2 N–H and O–H groups in total. The summed E-state index contributed by atoms with van der Waals surface area (Å²) in [5.41, 5.74) is 0.757. The number of allylic oxidation sites excluding steroid dienone is 1. The molecule has 0 saturated heterocycles. The van der Waals surface area contributed by atoms with Crippen LogP contribution in [0.25, 0.3) is 5.57 Å². The standard InChI is InChI=1S/C9H7NO2/c10-5-8(6-11)7-1-3-9(12)4-2-7/h1-4,6,11-12H. The van der Waals surface area contributed by atoms with Crippen LogP contribution in [0.2, 0.25) is 0 Å². The normalized spacial score (nSPS) is 10.8. The average molecular weight is 161 g/mol. The number of aliphatic hydroxyl groups is 1. The Morgan fingerprint density at radius 1 is 1.33 bits per heavy atom. The maximum Gasteiger partial charge on any atom is 0.115 e. The summed E-state index contributed by atoms with van der Waals surface area (Å²) < 4.78 is 0. The van der Waals surface area contributed by atoms with E-state index in [-0.39, 0.29) is 11.3 Å². The van der Waals surface area contributed by atoms with Gasteiger partial charge in [0.15, 0.2) is 0 Å². The Bertz CT molecular complexity index is 333. The Balaban J connectivity index is 3.06. The predicted molar refractivity (Wildman–Crippen MR) is 44.3 cm³/mol. The molecule has 0 radical (unpaired) electrons. The molecule has 0 saturated carbocycles. The largest absolute Gasteiger partial charge is 0.514 e. The second-order valence-electron chi connectivity index (χ2n) is 2.20. The quantitative estimate of drug-likeness (QED) is 0.487. The molecule has 0 amide bonds. The number of nitriles is 1. The van der Waals surface area contributed by atoms with Gasteiger partial charge in [0, 0.05) is 0 Å². The van der Waals surface area contributed by atoms with E-state index in [0.717, 1.165) is 6.26 Å². The summed E-state index contributed by atoms with van der Waals surface area (Å²) in [6.45, 7) is 0. The van der Waals surface area contributed by atoms with Crippen LogP contribution >= 0.6 is 0 Å². The fourth-order valence-electron chi connectivity index (χ4n) is 0.809. The number of benzene rings is 1. The van der Waals surface area contributed by atoms with E-state index in [9.17, 15) is 0 Å². The first-order chi connectivity index (χ1) is 5.77. The van der Waals surface area contributed by atoms with Gasteiger partial charge in [0.05, 0.1) is 11.8 Å². The van der Waals surface area contributed by atoms with Crippen LogP contribution in [0.4, 0.5) is 0 Å². The monoisotopic (exact) mass is 161 g/mol. The van der Waals surface area contributed by atoms with Crippen molar-refractivity contribution in [3.8, 4) is 11.8 Å². The average Bonchev–Trinajstić information content (AvgIpc) is 2.10. The van der Waals surface area contributed by atoms with E-state index in [1.54, 1.807) is 12.1 Å². The van der Waals surface area contributed by atoms with Crippen LogP contribution in [-0.2, 0) is 0 Å².